The van der Waals surface area contributed by atoms with Gasteiger partial charge >= 0.3 is 0 Å². The maximum absolute atomic E-state index is 2.44. The molecule has 5 heterocycles. The van der Waals surface area contributed by atoms with Crippen LogP contribution in [0.25, 0.3) is 55.0 Å². The number of rotatable bonds is 2. The zero-order chi connectivity index (χ0) is 20.7. The summed E-state index contributed by atoms with van der Waals surface area (Å²) >= 11 is 9.66. The lowest BCUT2D eigenvalue weighted by Gasteiger charge is -1.94. The zero-order valence-electron chi connectivity index (χ0n) is 17.0. The first-order chi connectivity index (χ1) is 15.1. The molecule has 0 spiro atoms. The summed E-state index contributed by atoms with van der Waals surface area (Å²) in [5.41, 5.74) is 1.35. The number of allylic oxidation sites excluding steroid dienone is 1. The van der Waals surface area contributed by atoms with Crippen molar-refractivity contribution in [1.29, 1.82) is 0 Å². The predicted molar refractivity (Wildman–Crippen MR) is 148 cm³/mol. The molecule has 0 saturated heterocycles. The fourth-order valence-electron chi connectivity index (χ4n) is 4.38. The Labute approximate surface area is 200 Å². The van der Waals surface area contributed by atoms with Crippen LogP contribution in [0.1, 0.15) is 17.4 Å². The highest BCUT2D eigenvalue weighted by Gasteiger charge is 2.17. The van der Waals surface area contributed by atoms with E-state index in [1.165, 1.54) is 71.2 Å². The summed E-state index contributed by atoms with van der Waals surface area (Å²) in [6, 6.07) is 16.7. The Morgan fingerprint density at radius 2 is 1.39 bits per heavy atom. The van der Waals surface area contributed by atoms with Crippen LogP contribution in [0.2, 0.25) is 0 Å². The van der Waals surface area contributed by atoms with Crippen LogP contribution in [0.4, 0.5) is 0 Å². The Morgan fingerprint density at radius 3 is 2.00 bits per heavy atom. The summed E-state index contributed by atoms with van der Waals surface area (Å²) in [4.78, 5) is 5.67. The van der Waals surface area contributed by atoms with Crippen molar-refractivity contribution in [3.63, 3.8) is 0 Å². The van der Waals surface area contributed by atoms with Gasteiger partial charge in [-0.25, -0.2) is 0 Å². The number of aryl methyl sites for hydroxylation is 1. The minimum absolute atomic E-state index is 0.689. The van der Waals surface area contributed by atoms with E-state index in [0.717, 1.165) is 0 Å². The van der Waals surface area contributed by atoms with E-state index < -0.39 is 0 Å². The largest absolute Gasteiger partial charge is 0.143 e. The summed E-state index contributed by atoms with van der Waals surface area (Å²) in [6.07, 6.45) is 2.44. The number of fused-ring (bicyclic) bond motifs is 5. The second-order valence-electron chi connectivity index (χ2n) is 8.40. The maximum atomic E-state index is 2.44. The van der Waals surface area contributed by atoms with E-state index in [0.29, 0.717) is 5.92 Å². The van der Waals surface area contributed by atoms with Crippen molar-refractivity contribution in [3.8, 4) is 9.75 Å². The number of hydrogen-bond acceptors (Lipinski definition) is 5. The standard InChI is InChI=1S/C26H18S5/c1-13-3-23(27-11-13)25-7-15-5-17-18-6-16-8-26(24-4-14(2)12-28-24)30-20(16)10-22(18)31-21(17)9-19(15)29-25/h3-11,14H,12H2,1-2H3. The Morgan fingerprint density at radius 1 is 0.710 bits per heavy atom. The summed E-state index contributed by atoms with van der Waals surface area (Å²) in [7, 11) is 0. The van der Waals surface area contributed by atoms with Crippen molar-refractivity contribution >= 4 is 102 Å². The third kappa shape index (κ3) is 3.05. The van der Waals surface area contributed by atoms with Crippen molar-refractivity contribution in [2.45, 2.75) is 13.8 Å². The molecular formula is C26H18S5. The average molecular weight is 491 g/mol. The van der Waals surface area contributed by atoms with E-state index in [9.17, 15) is 0 Å². The van der Waals surface area contributed by atoms with Crippen LogP contribution in [-0.2, 0) is 0 Å². The van der Waals surface area contributed by atoms with Gasteiger partial charge in [0, 0.05) is 54.9 Å². The van der Waals surface area contributed by atoms with E-state index in [-0.39, 0.29) is 0 Å². The van der Waals surface area contributed by atoms with Gasteiger partial charge in [-0.3, -0.25) is 0 Å². The Balaban J connectivity index is 1.40. The fraction of sp³-hybridized carbons (Fsp3) is 0.154. The number of benzene rings is 2. The molecule has 6 aromatic rings. The Hall–Kier alpha value is -1.63. The molecule has 2 aromatic carbocycles. The minimum atomic E-state index is 0.689. The first-order valence-electron chi connectivity index (χ1n) is 10.3. The first-order valence-corrected chi connectivity index (χ1v) is 14.7. The molecule has 1 aliphatic rings. The van der Waals surface area contributed by atoms with Gasteiger partial charge in [-0.05, 0) is 77.0 Å². The van der Waals surface area contributed by atoms with Crippen LogP contribution < -0.4 is 0 Å². The van der Waals surface area contributed by atoms with Crippen LogP contribution in [0.3, 0.4) is 0 Å². The van der Waals surface area contributed by atoms with Crippen LogP contribution in [0.15, 0.2) is 53.9 Å². The van der Waals surface area contributed by atoms with Gasteiger partial charge in [0.05, 0.1) is 0 Å². The molecular weight excluding hydrogens is 473 g/mol. The molecule has 7 rings (SSSR count). The van der Waals surface area contributed by atoms with Gasteiger partial charge in [0.15, 0.2) is 0 Å². The normalized spacial score (nSPS) is 17.0. The predicted octanol–water partition coefficient (Wildman–Crippen LogP) is 10.2. The van der Waals surface area contributed by atoms with E-state index in [4.69, 9.17) is 0 Å². The lowest BCUT2D eigenvalue weighted by atomic mass is 10.1. The molecule has 0 amide bonds. The van der Waals surface area contributed by atoms with Gasteiger partial charge in [-0.1, -0.05) is 13.0 Å². The van der Waals surface area contributed by atoms with Crippen molar-refractivity contribution < 1.29 is 0 Å². The van der Waals surface area contributed by atoms with Crippen molar-refractivity contribution in [2.24, 2.45) is 5.92 Å². The van der Waals surface area contributed by atoms with Gasteiger partial charge in [0.1, 0.15) is 0 Å². The van der Waals surface area contributed by atoms with Gasteiger partial charge in [0.2, 0.25) is 0 Å². The second-order valence-corrected chi connectivity index (χ2v) is 13.6. The molecule has 0 aliphatic carbocycles. The minimum Gasteiger partial charge on any atom is -0.143 e. The van der Waals surface area contributed by atoms with Crippen LogP contribution in [0.5, 0.6) is 0 Å². The molecule has 0 bridgehead atoms. The molecule has 5 heteroatoms. The molecule has 1 unspecified atom stereocenters. The van der Waals surface area contributed by atoms with Crippen molar-refractivity contribution in [1.82, 2.24) is 0 Å². The molecule has 0 saturated carbocycles. The van der Waals surface area contributed by atoms with Crippen molar-refractivity contribution in [3.05, 3.63) is 64.4 Å². The lowest BCUT2D eigenvalue weighted by molar-refractivity contribution is 0.862. The third-order valence-corrected chi connectivity index (χ3v) is 12.0. The van der Waals surface area contributed by atoms with Gasteiger partial charge in [0.25, 0.3) is 0 Å². The lowest BCUT2D eigenvalue weighted by Crippen LogP contribution is -1.83. The van der Waals surface area contributed by atoms with Gasteiger partial charge in [-0.15, -0.1) is 57.1 Å². The smallest absolute Gasteiger partial charge is 0.0455 e. The van der Waals surface area contributed by atoms with E-state index in [2.05, 4.69) is 67.8 Å². The van der Waals surface area contributed by atoms with E-state index in [1.807, 2.05) is 57.1 Å². The van der Waals surface area contributed by atoms with Crippen LogP contribution >= 0.6 is 57.1 Å². The summed E-state index contributed by atoms with van der Waals surface area (Å²) < 4.78 is 5.61. The summed E-state index contributed by atoms with van der Waals surface area (Å²) in [6.45, 7) is 4.49. The topological polar surface area (TPSA) is 0 Å². The highest BCUT2D eigenvalue weighted by molar-refractivity contribution is 8.08. The summed E-state index contributed by atoms with van der Waals surface area (Å²) in [5, 5.41) is 7.79. The first kappa shape index (κ1) is 18.9. The molecule has 0 N–H and O–H groups in total. The highest BCUT2D eigenvalue weighted by Crippen LogP contribution is 2.46. The van der Waals surface area contributed by atoms with E-state index in [1.54, 1.807) is 0 Å². The monoisotopic (exact) mass is 490 g/mol. The molecule has 152 valence electrons. The molecule has 4 aromatic heterocycles. The second kappa shape index (κ2) is 6.93. The fourth-order valence-corrected chi connectivity index (χ4v) is 10.1. The highest BCUT2D eigenvalue weighted by atomic mass is 32.2. The Bertz CT molecular complexity index is 1670. The molecule has 1 atom stereocenters. The quantitative estimate of drug-likeness (QED) is 0.233. The van der Waals surface area contributed by atoms with Crippen LogP contribution in [0, 0.1) is 12.8 Å². The molecule has 0 radical (unpaired) electrons. The summed E-state index contributed by atoms with van der Waals surface area (Å²) in [5.74, 6) is 1.90. The number of thiophene rings is 4. The number of thioether (sulfide) groups is 1. The number of hydrogen-bond donors (Lipinski definition) is 0. The molecule has 31 heavy (non-hydrogen) atoms. The van der Waals surface area contributed by atoms with Gasteiger partial charge in [-0.2, -0.15) is 0 Å². The zero-order valence-corrected chi connectivity index (χ0v) is 21.1. The Kier molecular flexibility index (Phi) is 4.23. The van der Waals surface area contributed by atoms with Gasteiger partial charge < -0.3 is 0 Å². The van der Waals surface area contributed by atoms with Crippen LogP contribution in [-0.4, -0.2) is 5.75 Å². The molecule has 0 nitrogen and oxygen atoms in total. The van der Waals surface area contributed by atoms with Crippen molar-refractivity contribution in [2.75, 3.05) is 5.75 Å². The maximum Gasteiger partial charge on any atom is 0.0455 e. The molecule has 0 fully saturated rings. The molecule has 1 aliphatic heterocycles. The third-order valence-electron chi connectivity index (χ3n) is 5.90. The SMILES string of the molecule is Cc1csc(-c2cc3cc4c(cc3s2)sc2cc3sc(C5=CC(C)CS5)cc3cc24)c1. The van der Waals surface area contributed by atoms with E-state index >= 15 is 0 Å². The average Bonchev–Trinajstić information content (AvgIpc) is 3.54.